The molecule has 0 spiro atoms. The van der Waals surface area contributed by atoms with Gasteiger partial charge in [0.2, 0.25) is 0 Å². The lowest BCUT2D eigenvalue weighted by atomic mass is 10.1. The van der Waals surface area contributed by atoms with E-state index in [1.165, 1.54) is 29.6 Å². The Balaban J connectivity index is 1.63. The number of alkyl halides is 3. The first-order valence-corrected chi connectivity index (χ1v) is 9.24. The highest BCUT2D eigenvalue weighted by atomic mass is 19.4. The van der Waals surface area contributed by atoms with Crippen LogP contribution in [0.25, 0.3) is 0 Å². The van der Waals surface area contributed by atoms with Gasteiger partial charge in [0.05, 0.1) is 11.7 Å². The molecule has 2 aliphatic heterocycles. The smallest absolute Gasteiger partial charge is 0.366 e. The monoisotopic (exact) mass is 421 g/mol. The zero-order valence-electron chi connectivity index (χ0n) is 15.8. The summed E-state index contributed by atoms with van der Waals surface area (Å²) in [5.41, 5.74) is 0.439. The Kier molecular flexibility index (Phi) is 4.92. The maximum Gasteiger partial charge on any atom is 0.408 e. The fourth-order valence-corrected chi connectivity index (χ4v) is 3.48. The number of anilines is 3. The van der Waals surface area contributed by atoms with Gasteiger partial charge in [0.25, 0.3) is 5.91 Å². The van der Waals surface area contributed by atoms with Crippen LogP contribution >= 0.6 is 0 Å². The molecular weight excluding hydrogens is 403 g/mol. The van der Waals surface area contributed by atoms with Gasteiger partial charge in [-0.15, -0.1) is 0 Å². The summed E-state index contributed by atoms with van der Waals surface area (Å²) < 4.78 is 38.3. The SMILES string of the molecule is CC(NC(=O)c1ccc2c(n1)N(C(=O)Nc1ccncn1)C1CCN2C1)C(F)(F)F. The van der Waals surface area contributed by atoms with Crippen LogP contribution in [0.4, 0.5) is 35.3 Å². The molecule has 158 valence electrons. The fourth-order valence-electron chi connectivity index (χ4n) is 3.48. The van der Waals surface area contributed by atoms with E-state index in [-0.39, 0.29) is 17.6 Å². The summed E-state index contributed by atoms with van der Waals surface area (Å²) in [4.78, 5) is 40.7. The Morgan fingerprint density at radius 1 is 1.27 bits per heavy atom. The highest BCUT2D eigenvalue weighted by Crippen LogP contribution is 2.39. The van der Waals surface area contributed by atoms with Crippen molar-refractivity contribution in [1.82, 2.24) is 20.3 Å². The second-order valence-corrected chi connectivity index (χ2v) is 7.06. The van der Waals surface area contributed by atoms with Gasteiger partial charge in [-0.25, -0.2) is 19.7 Å². The highest BCUT2D eigenvalue weighted by molar-refractivity contribution is 6.05. The van der Waals surface area contributed by atoms with Gasteiger partial charge in [0, 0.05) is 19.3 Å². The largest absolute Gasteiger partial charge is 0.408 e. The van der Waals surface area contributed by atoms with Gasteiger partial charge >= 0.3 is 12.2 Å². The van der Waals surface area contributed by atoms with Crippen molar-refractivity contribution >= 4 is 29.3 Å². The summed E-state index contributed by atoms with van der Waals surface area (Å²) in [7, 11) is 0. The average molecular weight is 421 g/mol. The second-order valence-electron chi connectivity index (χ2n) is 7.06. The average Bonchev–Trinajstić information content (AvgIpc) is 3.12. The lowest BCUT2D eigenvalue weighted by Gasteiger charge is -2.35. The Morgan fingerprint density at radius 3 is 2.77 bits per heavy atom. The first-order valence-electron chi connectivity index (χ1n) is 9.24. The first kappa shape index (κ1) is 19.9. The fraction of sp³-hybridized carbons (Fsp3) is 0.389. The number of aromatic nitrogens is 3. The zero-order chi connectivity index (χ0) is 21.5. The predicted octanol–water partition coefficient (Wildman–Crippen LogP) is 2.18. The van der Waals surface area contributed by atoms with Crippen molar-refractivity contribution in [1.29, 1.82) is 0 Å². The molecule has 4 heterocycles. The zero-order valence-corrected chi connectivity index (χ0v) is 15.8. The topological polar surface area (TPSA) is 103 Å². The summed E-state index contributed by atoms with van der Waals surface area (Å²) in [5.74, 6) is -0.445. The van der Waals surface area contributed by atoms with Crippen LogP contribution in [-0.4, -0.2) is 58.2 Å². The highest BCUT2D eigenvalue weighted by Gasteiger charge is 2.41. The Hall–Kier alpha value is -3.44. The molecule has 2 bridgehead atoms. The molecule has 0 saturated carbocycles. The molecule has 4 rings (SSSR count). The lowest BCUT2D eigenvalue weighted by Crippen LogP contribution is -2.49. The molecule has 12 heteroatoms. The molecular formula is C18H18F3N7O2. The summed E-state index contributed by atoms with van der Waals surface area (Å²) in [6, 6.07) is 1.78. The molecule has 30 heavy (non-hydrogen) atoms. The number of nitrogens with zero attached hydrogens (tertiary/aromatic N) is 5. The lowest BCUT2D eigenvalue weighted by molar-refractivity contribution is -0.149. The van der Waals surface area contributed by atoms with E-state index < -0.39 is 24.2 Å². The van der Waals surface area contributed by atoms with Crippen LogP contribution in [0.1, 0.15) is 23.8 Å². The Bertz CT molecular complexity index is 970. The minimum atomic E-state index is -4.57. The molecule has 3 amide bonds. The van der Waals surface area contributed by atoms with E-state index in [1.807, 2.05) is 10.2 Å². The van der Waals surface area contributed by atoms with E-state index in [1.54, 1.807) is 6.07 Å². The molecule has 2 aliphatic rings. The van der Waals surface area contributed by atoms with Crippen LogP contribution in [0.5, 0.6) is 0 Å². The normalized spacial score (nSPS) is 18.6. The summed E-state index contributed by atoms with van der Waals surface area (Å²) in [6.07, 6.45) is -1.11. The minimum Gasteiger partial charge on any atom is -0.366 e. The van der Waals surface area contributed by atoms with Crippen molar-refractivity contribution in [2.45, 2.75) is 31.6 Å². The molecule has 2 atom stereocenters. The Morgan fingerprint density at radius 2 is 2.07 bits per heavy atom. The number of fused-ring (bicyclic) bond motifs is 4. The standard InChI is InChI=1S/C18H18F3N7O2/c1-10(18(19,20)21)24-16(29)12-2-3-13-15(25-12)28(11-5-7-27(13)8-11)17(30)26-14-4-6-22-9-23-14/h2-4,6,9-11H,5,7-8H2,1H3,(H,24,29)(H,22,23,26,30). The van der Waals surface area contributed by atoms with E-state index >= 15 is 0 Å². The second kappa shape index (κ2) is 7.43. The number of pyridine rings is 1. The third-order valence-electron chi connectivity index (χ3n) is 5.06. The van der Waals surface area contributed by atoms with E-state index in [2.05, 4.69) is 20.3 Å². The molecule has 2 aromatic heterocycles. The van der Waals surface area contributed by atoms with Gasteiger partial charge in [0.1, 0.15) is 23.9 Å². The number of carbonyl (C=O) groups excluding carboxylic acids is 2. The quantitative estimate of drug-likeness (QED) is 0.788. The molecule has 0 aliphatic carbocycles. The molecule has 2 unspecified atom stereocenters. The third-order valence-corrected chi connectivity index (χ3v) is 5.06. The number of hydrogen-bond donors (Lipinski definition) is 2. The number of hydrogen-bond acceptors (Lipinski definition) is 6. The van der Waals surface area contributed by atoms with Crippen LogP contribution in [0.2, 0.25) is 0 Å². The number of halogens is 3. The van der Waals surface area contributed by atoms with E-state index in [4.69, 9.17) is 0 Å². The minimum absolute atomic E-state index is 0.181. The van der Waals surface area contributed by atoms with Gasteiger partial charge in [0.15, 0.2) is 5.82 Å². The van der Waals surface area contributed by atoms with Gasteiger partial charge in [-0.2, -0.15) is 13.2 Å². The molecule has 2 N–H and O–H groups in total. The van der Waals surface area contributed by atoms with Crippen molar-refractivity contribution in [3.8, 4) is 0 Å². The van der Waals surface area contributed by atoms with Crippen molar-refractivity contribution in [2.24, 2.45) is 0 Å². The molecule has 0 aromatic carbocycles. The number of nitrogens with one attached hydrogen (secondary N) is 2. The maximum absolute atomic E-state index is 13.0. The molecule has 9 nitrogen and oxygen atoms in total. The van der Waals surface area contributed by atoms with Crippen molar-refractivity contribution in [3.63, 3.8) is 0 Å². The number of amides is 3. The number of carbonyl (C=O) groups is 2. The molecule has 0 radical (unpaired) electrons. The predicted molar refractivity (Wildman–Crippen MR) is 101 cm³/mol. The molecule has 1 fully saturated rings. The molecule has 1 saturated heterocycles. The maximum atomic E-state index is 13.0. The summed E-state index contributed by atoms with van der Waals surface area (Å²) >= 11 is 0. The summed E-state index contributed by atoms with van der Waals surface area (Å²) in [5, 5.41) is 4.55. The van der Waals surface area contributed by atoms with E-state index in [0.717, 1.165) is 6.92 Å². The summed E-state index contributed by atoms with van der Waals surface area (Å²) in [6.45, 7) is 2.15. The Labute approximate surface area is 169 Å². The van der Waals surface area contributed by atoms with Crippen molar-refractivity contribution in [3.05, 3.63) is 36.4 Å². The van der Waals surface area contributed by atoms with Crippen molar-refractivity contribution < 1.29 is 22.8 Å². The van der Waals surface area contributed by atoms with Crippen LogP contribution in [0.3, 0.4) is 0 Å². The van der Waals surface area contributed by atoms with Crippen LogP contribution < -0.4 is 20.4 Å². The van der Waals surface area contributed by atoms with Gasteiger partial charge < -0.3 is 10.2 Å². The van der Waals surface area contributed by atoms with Gasteiger partial charge in [-0.05, 0) is 31.5 Å². The third kappa shape index (κ3) is 3.72. The van der Waals surface area contributed by atoms with Crippen LogP contribution in [0, 0.1) is 0 Å². The van der Waals surface area contributed by atoms with Crippen molar-refractivity contribution in [2.75, 3.05) is 28.2 Å². The van der Waals surface area contributed by atoms with Crippen LogP contribution in [0.15, 0.2) is 30.7 Å². The number of urea groups is 1. The van der Waals surface area contributed by atoms with Gasteiger partial charge in [-0.1, -0.05) is 0 Å². The first-order chi connectivity index (χ1) is 14.2. The van der Waals surface area contributed by atoms with E-state index in [0.29, 0.717) is 31.0 Å². The molecule has 2 aromatic rings. The van der Waals surface area contributed by atoms with E-state index in [9.17, 15) is 22.8 Å². The van der Waals surface area contributed by atoms with Gasteiger partial charge in [-0.3, -0.25) is 15.0 Å². The van der Waals surface area contributed by atoms with Crippen LogP contribution in [-0.2, 0) is 0 Å². The number of rotatable bonds is 3.